The van der Waals surface area contributed by atoms with Gasteiger partial charge in [-0.3, -0.25) is 14.4 Å². The van der Waals surface area contributed by atoms with Gasteiger partial charge in [-0.2, -0.15) is 0 Å². The van der Waals surface area contributed by atoms with Gasteiger partial charge in [0.1, 0.15) is 6.54 Å². The second kappa shape index (κ2) is 7.15. The Kier molecular flexibility index (Phi) is 5.53. The number of rotatable bonds is 6. The van der Waals surface area contributed by atoms with Crippen LogP contribution in [0.2, 0.25) is 0 Å². The molecule has 0 radical (unpaired) electrons. The number of ether oxygens (including phenoxy) is 1. The van der Waals surface area contributed by atoms with Gasteiger partial charge < -0.3 is 14.6 Å². The molecule has 0 fully saturated rings. The van der Waals surface area contributed by atoms with Gasteiger partial charge in [0.2, 0.25) is 5.56 Å². The van der Waals surface area contributed by atoms with Crippen molar-refractivity contribution in [2.24, 2.45) is 0 Å². The van der Waals surface area contributed by atoms with Crippen molar-refractivity contribution in [3.05, 3.63) is 46.9 Å². The summed E-state index contributed by atoms with van der Waals surface area (Å²) in [5.74, 6) is -0.855. The van der Waals surface area contributed by atoms with E-state index in [4.69, 9.17) is 4.74 Å². The van der Waals surface area contributed by atoms with Crippen molar-refractivity contribution in [1.82, 2.24) is 9.88 Å². The average molecular weight is 264 g/mol. The highest BCUT2D eigenvalue weighted by atomic mass is 16.5. The van der Waals surface area contributed by atoms with E-state index in [2.05, 4.69) is 11.6 Å². The van der Waals surface area contributed by atoms with Gasteiger partial charge >= 0.3 is 5.97 Å². The Hall–Kier alpha value is -2.37. The third-order valence-electron chi connectivity index (χ3n) is 2.29. The zero-order chi connectivity index (χ0) is 14.3. The molecule has 0 aliphatic heterocycles. The predicted molar refractivity (Wildman–Crippen MR) is 69.8 cm³/mol. The number of carbonyl (C=O) groups excluding carboxylic acids is 2. The zero-order valence-electron chi connectivity index (χ0n) is 10.7. The quantitative estimate of drug-likeness (QED) is 0.601. The van der Waals surface area contributed by atoms with E-state index < -0.39 is 5.97 Å². The van der Waals surface area contributed by atoms with Crippen LogP contribution in [0, 0.1) is 0 Å². The molecule has 6 heteroatoms. The van der Waals surface area contributed by atoms with Gasteiger partial charge in [-0.05, 0) is 13.0 Å². The summed E-state index contributed by atoms with van der Waals surface area (Å²) in [6.45, 7) is 5.56. The third kappa shape index (κ3) is 4.42. The summed E-state index contributed by atoms with van der Waals surface area (Å²) in [5.41, 5.74) is 0.00274. The van der Waals surface area contributed by atoms with E-state index in [0.29, 0.717) is 5.56 Å². The van der Waals surface area contributed by atoms with E-state index in [1.165, 1.54) is 29.3 Å². The lowest BCUT2D eigenvalue weighted by Crippen LogP contribution is -2.36. The Bertz CT molecular complexity index is 501. The van der Waals surface area contributed by atoms with Crippen molar-refractivity contribution < 1.29 is 14.3 Å². The molecule has 0 saturated carbocycles. The number of hydrogen-bond donors (Lipinski definition) is 1. The Morgan fingerprint density at radius 3 is 2.74 bits per heavy atom. The number of esters is 1. The predicted octanol–water partition coefficient (Wildman–Crippen LogP) is 0.566. The summed E-state index contributed by atoms with van der Waals surface area (Å²) in [6, 6.07) is 2.66. The molecule has 1 N–H and O–H groups in total. The van der Waals surface area contributed by atoms with Gasteiger partial charge in [0.05, 0.1) is 12.2 Å². The van der Waals surface area contributed by atoms with Crippen LogP contribution in [-0.4, -0.2) is 41.5 Å². The molecule has 0 unspecified atom stereocenters. The van der Waals surface area contributed by atoms with Crippen molar-refractivity contribution in [2.45, 2.75) is 6.92 Å². The molecule has 0 atom stereocenters. The lowest BCUT2D eigenvalue weighted by Gasteiger charge is -2.19. The molecule has 1 aromatic heterocycles. The second-order valence-electron chi connectivity index (χ2n) is 3.72. The number of hydrogen-bond acceptors (Lipinski definition) is 4. The molecular weight excluding hydrogens is 248 g/mol. The van der Waals surface area contributed by atoms with Crippen LogP contribution in [0.1, 0.15) is 17.3 Å². The number of nitrogens with zero attached hydrogens (tertiary/aromatic N) is 1. The maximum atomic E-state index is 12.1. The minimum Gasteiger partial charge on any atom is -0.465 e. The first-order valence-electron chi connectivity index (χ1n) is 5.83. The molecule has 1 amide bonds. The number of carbonyl (C=O) groups is 2. The Labute approximate surface area is 110 Å². The van der Waals surface area contributed by atoms with Gasteiger partial charge in [0.15, 0.2) is 0 Å². The average Bonchev–Trinajstić information content (AvgIpc) is 2.38. The maximum Gasteiger partial charge on any atom is 0.325 e. The fourth-order valence-electron chi connectivity index (χ4n) is 1.46. The van der Waals surface area contributed by atoms with Gasteiger partial charge in [-0.15, -0.1) is 6.58 Å². The highest BCUT2D eigenvalue weighted by Gasteiger charge is 2.18. The van der Waals surface area contributed by atoms with E-state index >= 15 is 0 Å². The van der Waals surface area contributed by atoms with Crippen LogP contribution in [0.15, 0.2) is 35.8 Å². The number of nitrogens with one attached hydrogen (secondary N) is 1. The van der Waals surface area contributed by atoms with E-state index in [0.717, 1.165) is 0 Å². The Morgan fingerprint density at radius 2 is 2.21 bits per heavy atom. The SMILES string of the molecule is C=CCN(CC(=O)OCC)C(=O)c1ccc(=O)[nH]c1. The first-order valence-corrected chi connectivity index (χ1v) is 5.83. The molecule has 19 heavy (non-hydrogen) atoms. The van der Waals surface area contributed by atoms with Crippen molar-refractivity contribution in [2.75, 3.05) is 19.7 Å². The van der Waals surface area contributed by atoms with E-state index in [1.807, 2.05) is 0 Å². The minimum absolute atomic E-state index is 0.155. The van der Waals surface area contributed by atoms with E-state index in [9.17, 15) is 14.4 Å². The lowest BCUT2D eigenvalue weighted by molar-refractivity contribution is -0.143. The van der Waals surface area contributed by atoms with Crippen molar-refractivity contribution in [1.29, 1.82) is 0 Å². The molecule has 0 aliphatic rings. The fourth-order valence-corrected chi connectivity index (χ4v) is 1.46. The summed E-state index contributed by atoms with van der Waals surface area (Å²) < 4.78 is 4.80. The summed E-state index contributed by atoms with van der Waals surface area (Å²) in [6.07, 6.45) is 2.83. The molecule has 1 heterocycles. The Morgan fingerprint density at radius 1 is 1.47 bits per heavy atom. The molecule has 6 nitrogen and oxygen atoms in total. The number of H-pyrrole nitrogens is 1. The van der Waals surface area contributed by atoms with E-state index in [-0.39, 0.29) is 31.2 Å². The molecule has 0 aliphatic carbocycles. The molecule has 0 saturated heterocycles. The van der Waals surface area contributed by atoms with Gasteiger partial charge in [0.25, 0.3) is 5.91 Å². The maximum absolute atomic E-state index is 12.1. The normalized spacial score (nSPS) is 9.74. The molecule has 102 valence electrons. The van der Waals surface area contributed by atoms with Crippen LogP contribution in [0.5, 0.6) is 0 Å². The lowest BCUT2D eigenvalue weighted by atomic mass is 10.2. The van der Waals surface area contributed by atoms with Crippen LogP contribution in [0.3, 0.4) is 0 Å². The number of aromatic nitrogens is 1. The van der Waals surface area contributed by atoms with E-state index in [1.54, 1.807) is 6.92 Å². The second-order valence-corrected chi connectivity index (χ2v) is 3.72. The summed E-state index contributed by atoms with van der Waals surface area (Å²) >= 11 is 0. The molecule has 0 bridgehead atoms. The monoisotopic (exact) mass is 264 g/mol. The molecule has 0 aromatic carbocycles. The molecule has 1 aromatic rings. The van der Waals surface area contributed by atoms with Gasteiger partial charge in [-0.25, -0.2) is 0 Å². The number of amides is 1. The molecular formula is C13H16N2O4. The zero-order valence-corrected chi connectivity index (χ0v) is 10.7. The summed E-state index contributed by atoms with van der Waals surface area (Å²) in [7, 11) is 0. The number of aromatic amines is 1. The standard InChI is InChI=1S/C13H16N2O4/c1-3-7-15(9-12(17)19-4-2)13(18)10-5-6-11(16)14-8-10/h3,5-6,8H,1,4,7,9H2,2H3,(H,14,16). The first kappa shape index (κ1) is 14.7. The first-order chi connectivity index (χ1) is 9.08. The van der Waals surface area contributed by atoms with Crippen LogP contribution in [0.4, 0.5) is 0 Å². The molecule has 1 rings (SSSR count). The van der Waals surface area contributed by atoms with Crippen molar-refractivity contribution >= 4 is 11.9 Å². The fraction of sp³-hybridized carbons (Fsp3) is 0.308. The topological polar surface area (TPSA) is 79.5 Å². The van der Waals surface area contributed by atoms with Crippen molar-refractivity contribution in [3.63, 3.8) is 0 Å². The Balaban J connectivity index is 2.83. The highest BCUT2D eigenvalue weighted by molar-refractivity contribution is 5.95. The third-order valence-corrected chi connectivity index (χ3v) is 2.29. The van der Waals surface area contributed by atoms with Crippen LogP contribution >= 0.6 is 0 Å². The molecule has 0 spiro atoms. The van der Waals surface area contributed by atoms with Crippen LogP contribution < -0.4 is 5.56 Å². The van der Waals surface area contributed by atoms with Gasteiger partial charge in [0, 0.05) is 18.8 Å². The van der Waals surface area contributed by atoms with Crippen molar-refractivity contribution in [3.8, 4) is 0 Å². The summed E-state index contributed by atoms with van der Waals surface area (Å²) in [5, 5.41) is 0. The number of pyridine rings is 1. The summed E-state index contributed by atoms with van der Waals surface area (Å²) in [4.78, 5) is 38.2. The smallest absolute Gasteiger partial charge is 0.325 e. The minimum atomic E-state index is -0.484. The van der Waals surface area contributed by atoms with Gasteiger partial charge in [-0.1, -0.05) is 6.08 Å². The van der Waals surface area contributed by atoms with Crippen LogP contribution in [0.25, 0.3) is 0 Å². The highest BCUT2D eigenvalue weighted by Crippen LogP contribution is 2.02. The van der Waals surface area contributed by atoms with Crippen LogP contribution in [-0.2, 0) is 9.53 Å². The largest absolute Gasteiger partial charge is 0.465 e.